The van der Waals surface area contributed by atoms with Gasteiger partial charge in [0.25, 0.3) is 0 Å². The average molecular weight is 457 g/mol. The van der Waals surface area contributed by atoms with Gasteiger partial charge in [0, 0.05) is 39.5 Å². The van der Waals surface area contributed by atoms with Crippen molar-refractivity contribution in [3.63, 3.8) is 0 Å². The first-order valence-corrected chi connectivity index (χ1v) is 9.05. The predicted octanol–water partition coefficient (Wildman–Crippen LogP) is 2.56. The lowest BCUT2D eigenvalue weighted by molar-refractivity contribution is 0.0171. The quantitative estimate of drug-likeness (QED) is 0.204. The minimum absolute atomic E-state index is 0. The summed E-state index contributed by atoms with van der Waals surface area (Å²) in [5, 5.41) is 6.58. The van der Waals surface area contributed by atoms with Crippen LogP contribution in [0.1, 0.15) is 46.5 Å². The highest BCUT2D eigenvalue weighted by Crippen LogP contribution is 2.11. The number of rotatable bonds is 12. The van der Waals surface area contributed by atoms with E-state index in [0.29, 0.717) is 12.2 Å². The molecule has 0 bridgehead atoms. The van der Waals surface area contributed by atoms with E-state index in [2.05, 4.69) is 36.4 Å². The maximum absolute atomic E-state index is 5.64. The van der Waals surface area contributed by atoms with Gasteiger partial charge in [0.2, 0.25) is 0 Å². The molecule has 1 aliphatic heterocycles. The van der Waals surface area contributed by atoms with Crippen LogP contribution in [-0.4, -0.2) is 64.2 Å². The van der Waals surface area contributed by atoms with Crippen LogP contribution in [0.25, 0.3) is 0 Å². The highest BCUT2D eigenvalue weighted by molar-refractivity contribution is 14.0. The van der Waals surface area contributed by atoms with Gasteiger partial charge in [-0.1, -0.05) is 0 Å². The number of hydrogen-bond donors (Lipinski definition) is 2. The molecule has 0 amide bonds. The Labute approximate surface area is 164 Å². The minimum Gasteiger partial charge on any atom is -0.379 e. The standard InChI is InChI=1S/C17H35N3O3.HI/c1-4-18-17(20-10-7-13-22-15(2)3)19-9-6-11-21-14-16-8-5-12-23-16;/h15-16H,4-14H2,1-3H3,(H2,18,19,20);1H. The summed E-state index contributed by atoms with van der Waals surface area (Å²) in [6.45, 7) is 11.8. The first-order valence-electron chi connectivity index (χ1n) is 9.05. The number of nitrogens with zero attached hydrogens (tertiary/aromatic N) is 1. The van der Waals surface area contributed by atoms with Gasteiger partial charge in [0.15, 0.2) is 5.96 Å². The van der Waals surface area contributed by atoms with Crippen LogP contribution >= 0.6 is 24.0 Å². The van der Waals surface area contributed by atoms with E-state index < -0.39 is 0 Å². The van der Waals surface area contributed by atoms with Crippen molar-refractivity contribution in [3.05, 3.63) is 0 Å². The molecule has 1 unspecified atom stereocenters. The van der Waals surface area contributed by atoms with Crippen molar-refractivity contribution in [3.8, 4) is 0 Å². The summed E-state index contributed by atoms with van der Waals surface area (Å²) in [7, 11) is 0. The third-order valence-corrected chi connectivity index (χ3v) is 3.45. The molecule has 0 saturated carbocycles. The molecule has 1 fully saturated rings. The summed E-state index contributed by atoms with van der Waals surface area (Å²) in [6, 6.07) is 0. The molecule has 1 atom stereocenters. The van der Waals surface area contributed by atoms with Gasteiger partial charge in [-0.05, 0) is 46.5 Å². The van der Waals surface area contributed by atoms with E-state index in [0.717, 1.165) is 77.7 Å². The largest absolute Gasteiger partial charge is 0.379 e. The van der Waals surface area contributed by atoms with Crippen LogP contribution in [0.15, 0.2) is 4.99 Å². The molecule has 0 aromatic heterocycles. The number of aliphatic imine (C=N–C) groups is 1. The van der Waals surface area contributed by atoms with Crippen molar-refractivity contribution in [1.29, 1.82) is 0 Å². The van der Waals surface area contributed by atoms with E-state index in [-0.39, 0.29) is 24.0 Å². The summed E-state index contributed by atoms with van der Waals surface area (Å²) in [5.74, 6) is 0.871. The van der Waals surface area contributed by atoms with Crippen LogP contribution < -0.4 is 10.6 Å². The molecule has 1 heterocycles. The van der Waals surface area contributed by atoms with E-state index >= 15 is 0 Å². The van der Waals surface area contributed by atoms with Gasteiger partial charge in [0.05, 0.1) is 18.8 Å². The summed E-state index contributed by atoms with van der Waals surface area (Å²) in [5.41, 5.74) is 0. The molecular weight excluding hydrogens is 421 g/mol. The second-order valence-electron chi connectivity index (χ2n) is 6.02. The Morgan fingerprint density at radius 3 is 2.75 bits per heavy atom. The Morgan fingerprint density at radius 2 is 2.08 bits per heavy atom. The van der Waals surface area contributed by atoms with Gasteiger partial charge in [-0.2, -0.15) is 0 Å². The second-order valence-corrected chi connectivity index (χ2v) is 6.02. The molecule has 0 spiro atoms. The highest BCUT2D eigenvalue weighted by atomic mass is 127. The normalized spacial score (nSPS) is 17.8. The predicted molar refractivity (Wildman–Crippen MR) is 110 cm³/mol. The maximum Gasteiger partial charge on any atom is 0.191 e. The van der Waals surface area contributed by atoms with Gasteiger partial charge in [-0.15, -0.1) is 24.0 Å². The molecule has 144 valence electrons. The van der Waals surface area contributed by atoms with Crippen molar-refractivity contribution >= 4 is 29.9 Å². The summed E-state index contributed by atoms with van der Waals surface area (Å²) < 4.78 is 16.7. The lowest BCUT2D eigenvalue weighted by Crippen LogP contribution is -2.38. The zero-order valence-corrected chi connectivity index (χ0v) is 17.8. The zero-order chi connectivity index (χ0) is 16.8. The fraction of sp³-hybridized carbons (Fsp3) is 0.941. The van der Waals surface area contributed by atoms with Gasteiger partial charge in [-0.25, -0.2) is 0 Å². The highest BCUT2D eigenvalue weighted by Gasteiger charge is 2.14. The van der Waals surface area contributed by atoms with Gasteiger partial charge < -0.3 is 24.8 Å². The van der Waals surface area contributed by atoms with Gasteiger partial charge in [0.1, 0.15) is 0 Å². The molecule has 24 heavy (non-hydrogen) atoms. The molecule has 0 radical (unpaired) electrons. The number of ether oxygens (including phenoxy) is 3. The lowest BCUT2D eigenvalue weighted by atomic mass is 10.2. The van der Waals surface area contributed by atoms with Crippen LogP contribution in [0.3, 0.4) is 0 Å². The monoisotopic (exact) mass is 457 g/mol. The maximum atomic E-state index is 5.64. The number of nitrogens with one attached hydrogen (secondary N) is 2. The molecule has 0 aromatic carbocycles. The molecular formula is C17H36IN3O3. The first-order chi connectivity index (χ1) is 11.2. The summed E-state index contributed by atoms with van der Waals surface area (Å²) in [6.07, 6.45) is 4.82. The zero-order valence-electron chi connectivity index (χ0n) is 15.5. The van der Waals surface area contributed by atoms with Crippen molar-refractivity contribution < 1.29 is 14.2 Å². The van der Waals surface area contributed by atoms with Crippen LogP contribution in [0.5, 0.6) is 0 Å². The van der Waals surface area contributed by atoms with Crippen LogP contribution in [0.2, 0.25) is 0 Å². The molecule has 1 rings (SSSR count). The Kier molecular flexibility index (Phi) is 16.3. The topological polar surface area (TPSA) is 64.1 Å². The Hall–Kier alpha value is -0.120. The fourth-order valence-electron chi connectivity index (χ4n) is 2.29. The van der Waals surface area contributed by atoms with Crippen molar-refractivity contribution in [2.24, 2.45) is 4.99 Å². The Bertz CT molecular complexity index is 311. The van der Waals surface area contributed by atoms with Crippen molar-refractivity contribution in [1.82, 2.24) is 10.6 Å². The number of halogens is 1. The third-order valence-electron chi connectivity index (χ3n) is 3.45. The summed E-state index contributed by atoms with van der Waals surface area (Å²) in [4.78, 5) is 4.56. The third kappa shape index (κ3) is 13.2. The smallest absolute Gasteiger partial charge is 0.191 e. The molecule has 1 saturated heterocycles. The van der Waals surface area contributed by atoms with Gasteiger partial charge in [-0.3, -0.25) is 4.99 Å². The molecule has 6 nitrogen and oxygen atoms in total. The van der Waals surface area contributed by atoms with Crippen molar-refractivity contribution in [2.75, 3.05) is 46.1 Å². The second kappa shape index (κ2) is 16.4. The summed E-state index contributed by atoms with van der Waals surface area (Å²) >= 11 is 0. The minimum atomic E-state index is 0. The average Bonchev–Trinajstić information content (AvgIpc) is 3.03. The van der Waals surface area contributed by atoms with Crippen molar-refractivity contribution in [2.45, 2.75) is 58.7 Å². The molecule has 1 aliphatic rings. The fourth-order valence-corrected chi connectivity index (χ4v) is 2.29. The number of hydrogen-bond acceptors (Lipinski definition) is 4. The number of guanidine groups is 1. The molecule has 7 heteroatoms. The van der Waals surface area contributed by atoms with Crippen LogP contribution in [0.4, 0.5) is 0 Å². The molecule has 0 aliphatic carbocycles. The van der Waals surface area contributed by atoms with Crippen LogP contribution in [0, 0.1) is 0 Å². The SMILES string of the molecule is CCNC(=NCCCOCC1CCCO1)NCCCOC(C)C.I. The lowest BCUT2D eigenvalue weighted by Gasteiger charge is -2.12. The van der Waals surface area contributed by atoms with E-state index in [1.807, 2.05) is 0 Å². The van der Waals surface area contributed by atoms with E-state index in [4.69, 9.17) is 14.2 Å². The Balaban J connectivity index is 0.00000529. The van der Waals surface area contributed by atoms with E-state index in [1.165, 1.54) is 0 Å². The first kappa shape index (κ1) is 23.9. The van der Waals surface area contributed by atoms with E-state index in [1.54, 1.807) is 0 Å². The molecule has 0 aromatic rings. The van der Waals surface area contributed by atoms with Crippen LogP contribution in [-0.2, 0) is 14.2 Å². The molecule has 2 N–H and O–H groups in total. The van der Waals surface area contributed by atoms with E-state index in [9.17, 15) is 0 Å². The Morgan fingerprint density at radius 1 is 1.25 bits per heavy atom. The van der Waals surface area contributed by atoms with Gasteiger partial charge >= 0.3 is 0 Å².